The molecule has 0 fully saturated rings. The summed E-state index contributed by atoms with van der Waals surface area (Å²) in [6, 6.07) is 8.13. The first-order valence-electron chi connectivity index (χ1n) is 7.76. The van der Waals surface area contributed by atoms with Gasteiger partial charge >= 0.3 is 0 Å². The van der Waals surface area contributed by atoms with Crippen LogP contribution in [0.15, 0.2) is 52.3 Å². The number of nitrogens with zero attached hydrogens (tertiary/aromatic N) is 3. The molecule has 0 saturated heterocycles. The maximum Gasteiger partial charge on any atom is 0.236 e. The Morgan fingerprint density at radius 3 is 2.85 bits per heavy atom. The molecule has 1 aromatic carbocycles. The van der Waals surface area contributed by atoms with Crippen molar-refractivity contribution >= 4 is 29.3 Å². The fourth-order valence-electron chi connectivity index (χ4n) is 2.11. The fraction of sp³-hybridized carbons (Fsp3) is 0.176. The highest BCUT2D eigenvalue weighted by atomic mass is 32.2. The van der Waals surface area contributed by atoms with Crippen molar-refractivity contribution in [2.45, 2.75) is 18.5 Å². The first-order chi connectivity index (χ1) is 12.6. The Labute approximate surface area is 153 Å². The lowest BCUT2D eigenvalue weighted by molar-refractivity contribution is -0.113. The molecule has 3 rings (SSSR count). The van der Waals surface area contributed by atoms with Crippen molar-refractivity contribution in [2.75, 3.05) is 16.4 Å². The number of carbonyl (C=O) groups excluding carboxylic acids is 1. The average Bonchev–Trinajstić information content (AvgIpc) is 3.04. The third-order valence-electron chi connectivity index (χ3n) is 3.30. The zero-order valence-corrected chi connectivity index (χ0v) is 14.7. The topological polar surface area (TPSA) is 92.9 Å². The Balaban J connectivity index is 1.58. The minimum atomic E-state index is -0.291. The molecule has 0 bridgehead atoms. The Morgan fingerprint density at radius 1 is 1.27 bits per heavy atom. The molecule has 0 spiro atoms. The fourth-order valence-corrected chi connectivity index (χ4v) is 2.85. The monoisotopic (exact) mass is 373 g/mol. The van der Waals surface area contributed by atoms with E-state index in [-0.39, 0.29) is 24.0 Å². The lowest BCUT2D eigenvalue weighted by Crippen LogP contribution is -2.14. The third-order valence-corrected chi connectivity index (χ3v) is 4.28. The summed E-state index contributed by atoms with van der Waals surface area (Å²) in [5.74, 6) is 1.06. The first kappa shape index (κ1) is 17.9. The normalized spacial score (nSPS) is 10.5. The highest BCUT2D eigenvalue weighted by Crippen LogP contribution is 2.23. The lowest BCUT2D eigenvalue weighted by Gasteiger charge is -2.10. The van der Waals surface area contributed by atoms with Crippen LogP contribution in [0.5, 0.6) is 0 Å². The van der Waals surface area contributed by atoms with E-state index in [1.807, 2.05) is 0 Å². The van der Waals surface area contributed by atoms with E-state index in [0.29, 0.717) is 28.0 Å². The number of hydrogen-bond acceptors (Lipinski definition) is 7. The standard InChI is InChI=1S/C17H16FN5O2S/c1-11-8-14(23-25-11)22-15(24)10-26-17-16(19-6-7-20-17)21-9-12-4-2-3-5-13(12)18/h2-8H,9-10H2,1H3,(H,19,21)(H,22,23,24). The van der Waals surface area contributed by atoms with Gasteiger partial charge in [0.05, 0.1) is 5.75 Å². The van der Waals surface area contributed by atoms with Gasteiger partial charge in [-0.1, -0.05) is 35.1 Å². The number of rotatable bonds is 7. The number of aryl methyl sites for hydroxylation is 1. The van der Waals surface area contributed by atoms with Crippen molar-refractivity contribution in [3.63, 3.8) is 0 Å². The van der Waals surface area contributed by atoms with Crippen LogP contribution >= 0.6 is 11.8 Å². The second-order valence-corrected chi connectivity index (χ2v) is 6.28. The zero-order valence-electron chi connectivity index (χ0n) is 13.9. The number of amides is 1. The number of anilines is 2. The van der Waals surface area contributed by atoms with Crippen LogP contribution in [0, 0.1) is 12.7 Å². The van der Waals surface area contributed by atoms with Crippen LogP contribution in [0.4, 0.5) is 16.0 Å². The van der Waals surface area contributed by atoms with Crippen molar-refractivity contribution in [3.05, 3.63) is 59.9 Å². The summed E-state index contributed by atoms with van der Waals surface area (Å²) in [5.41, 5.74) is 0.522. The van der Waals surface area contributed by atoms with E-state index in [9.17, 15) is 9.18 Å². The molecule has 0 saturated carbocycles. The minimum absolute atomic E-state index is 0.124. The van der Waals surface area contributed by atoms with E-state index in [4.69, 9.17) is 4.52 Å². The van der Waals surface area contributed by atoms with Crippen LogP contribution < -0.4 is 10.6 Å². The van der Waals surface area contributed by atoms with Crippen LogP contribution in [0.1, 0.15) is 11.3 Å². The molecule has 0 aliphatic carbocycles. The molecule has 2 N–H and O–H groups in total. The first-order valence-corrected chi connectivity index (χ1v) is 8.74. The Kier molecular flexibility index (Phi) is 5.80. The van der Waals surface area contributed by atoms with Crippen LogP contribution in [0.2, 0.25) is 0 Å². The van der Waals surface area contributed by atoms with Crippen molar-refractivity contribution in [1.29, 1.82) is 0 Å². The predicted octanol–water partition coefficient (Wildman–Crippen LogP) is 3.26. The predicted molar refractivity (Wildman–Crippen MR) is 96.4 cm³/mol. The lowest BCUT2D eigenvalue weighted by atomic mass is 10.2. The second kappa shape index (κ2) is 8.43. The SMILES string of the molecule is Cc1cc(NC(=O)CSc2nccnc2NCc2ccccc2F)no1. The molecule has 0 radical (unpaired) electrons. The van der Waals surface area contributed by atoms with Gasteiger partial charge in [0, 0.05) is 30.6 Å². The summed E-state index contributed by atoms with van der Waals surface area (Å²) in [4.78, 5) is 20.4. The van der Waals surface area contributed by atoms with E-state index in [1.165, 1.54) is 30.2 Å². The molecule has 134 valence electrons. The third kappa shape index (κ3) is 4.79. The number of aromatic nitrogens is 3. The van der Waals surface area contributed by atoms with Gasteiger partial charge in [0.25, 0.3) is 0 Å². The highest BCUT2D eigenvalue weighted by Gasteiger charge is 2.11. The average molecular weight is 373 g/mol. The Morgan fingerprint density at radius 2 is 2.08 bits per heavy atom. The van der Waals surface area contributed by atoms with Crippen molar-refractivity contribution in [3.8, 4) is 0 Å². The number of nitrogens with one attached hydrogen (secondary N) is 2. The molecule has 1 amide bonds. The summed E-state index contributed by atoms with van der Waals surface area (Å²) < 4.78 is 18.6. The molecule has 0 unspecified atom stereocenters. The van der Waals surface area contributed by atoms with E-state index < -0.39 is 0 Å². The van der Waals surface area contributed by atoms with Crippen molar-refractivity contribution < 1.29 is 13.7 Å². The Bertz CT molecular complexity index is 902. The molecular weight excluding hydrogens is 357 g/mol. The quantitative estimate of drug-likeness (QED) is 0.614. The van der Waals surface area contributed by atoms with Crippen LogP contribution in [-0.4, -0.2) is 26.8 Å². The number of thioether (sulfide) groups is 1. The summed E-state index contributed by atoms with van der Waals surface area (Å²) >= 11 is 1.22. The number of hydrogen-bond donors (Lipinski definition) is 2. The van der Waals surface area contributed by atoms with Gasteiger partial charge in [-0.15, -0.1) is 0 Å². The van der Waals surface area contributed by atoms with E-state index in [2.05, 4.69) is 25.8 Å². The van der Waals surface area contributed by atoms with E-state index in [1.54, 1.807) is 31.2 Å². The van der Waals surface area contributed by atoms with Gasteiger partial charge in [0.2, 0.25) is 5.91 Å². The summed E-state index contributed by atoms with van der Waals surface area (Å²) in [6.07, 6.45) is 3.07. The highest BCUT2D eigenvalue weighted by molar-refractivity contribution is 8.00. The maximum atomic E-state index is 13.7. The summed E-state index contributed by atoms with van der Waals surface area (Å²) in [6.45, 7) is 2.01. The zero-order chi connectivity index (χ0) is 18.4. The summed E-state index contributed by atoms with van der Waals surface area (Å²) in [7, 11) is 0. The van der Waals surface area contributed by atoms with Gasteiger partial charge in [-0.05, 0) is 13.0 Å². The van der Waals surface area contributed by atoms with Crippen LogP contribution in [0.3, 0.4) is 0 Å². The van der Waals surface area contributed by atoms with E-state index >= 15 is 0 Å². The van der Waals surface area contributed by atoms with Crippen LogP contribution in [-0.2, 0) is 11.3 Å². The molecule has 0 aliphatic heterocycles. The molecule has 7 nitrogen and oxygen atoms in total. The molecule has 2 aromatic heterocycles. The smallest absolute Gasteiger partial charge is 0.236 e. The van der Waals surface area contributed by atoms with Gasteiger partial charge < -0.3 is 15.2 Å². The molecule has 2 heterocycles. The molecular formula is C17H16FN5O2S. The van der Waals surface area contributed by atoms with E-state index in [0.717, 1.165) is 0 Å². The molecule has 0 aliphatic rings. The van der Waals surface area contributed by atoms with Crippen molar-refractivity contribution in [1.82, 2.24) is 15.1 Å². The summed E-state index contributed by atoms with van der Waals surface area (Å²) in [5, 5.41) is 9.95. The minimum Gasteiger partial charge on any atom is -0.364 e. The number of carbonyl (C=O) groups is 1. The van der Waals surface area contributed by atoms with Gasteiger partial charge in [-0.25, -0.2) is 14.4 Å². The second-order valence-electron chi connectivity index (χ2n) is 5.31. The number of benzene rings is 1. The van der Waals surface area contributed by atoms with Gasteiger partial charge in [0.1, 0.15) is 16.6 Å². The molecule has 9 heteroatoms. The van der Waals surface area contributed by atoms with Gasteiger partial charge in [0.15, 0.2) is 11.6 Å². The number of halogens is 1. The molecule has 0 atom stereocenters. The van der Waals surface area contributed by atoms with Crippen LogP contribution in [0.25, 0.3) is 0 Å². The Hall–Kier alpha value is -2.94. The largest absolute Gasteiger partial charge is 0.364 e. The van der Waals surface area contributed by atoms with Gasteiger partial charge in [-0.2, -0.15) is 0 Å². The molecule has 3 aromatic rings. The maximum absolute atomic E-state index is 13.7. The van der Waals surface area contributed by atoms with Crippen molar-refractivity contribution in [2.24, 2.45) is 0 Å². The van der Waals surface area contributed by atoms with Gasteiger partial charge in [-0.3, -0.25) is 4.79 Å². The molecule has 26 heavy (non-hydrogen) atoms.